The van der Waals surface area contributed by atoms with Gasteiger partial charge in [-0.05, 0) is 62.2 Å². The molecule has 0 aromatic heterocycles. The number of aryl methyl sites for hydroxylation is 2. The van der Waals surface area contributed by atoms with Crippen LogP contribution in [0.3, 0.4) is 0 Å². The van der Waals surface area contributed by atoms with Crippen LogP contribution < -0.4 is 10.0 Å². The molecule has 5 nitrogen and oxygen atoms in total. The Morgan fingerprint density at radius 2 is 1.74 bits per heavy atom. The molecule has 0 spiro atoms. The lowest BCUT2D eigenvalue weighted by Crippen LogP contribution is -2.16. The molecule has 0 radical (unpaired) electrons. The molecule has 122 valence electrons. The molecule has 2 N–H and O–H groups in total. The second-order valence-corrected chi connectivity index (χ2v) is 7.35. The molecule has 0 heterocycles. The summed E-state index contributed by atoms with van der Waals surface area (Å²) in [4.78, 5) is 12.3. The predicted octanol–water partition coefficient (Wildman–Crippen LogP) is 3.32. The fraction of sp³-hybridized carbons (Fsp3) is 0.235. The van der Waals surface area contributed by atoms with Gasteiger partial charge in [0.15, 0.2) is 0 Å². The molecular formula is C17H20N2O3S. The molecule has 23 heavy (non-hydrogen) atoms. The lowest BCUT2D eigenvalue weighted by Gasteiger charge is -2.10. The number of anilines is 2. The molecule has 2 rings (SSSR count). The van der Waals surface area contributed by atoms with Crippen molar-refractivity contribution in [1.29, 1.82) is 0 Å². The Hall–Kier alpha value is -2.34. The zero-order valence-corrected chi connectivity index (χ0v) is 14.2. The largest absolute Gasteiger partial charge is 0.322 e. The van der Waals surface area contributed by atoms with E-state index in [0.717, 1.165) is 11.1 Å². The molecule has 1 amide bonds. The van der Waals surface area contributed by atoms with Gasteiger partial charge in [-0.25, -0.2) is 8.42 Å². The Morgan fingerprint density at radius 3 is 2.39 bits per heavy atom. The number of amides is 1. The van der Waals surface area contributed by atoms with Crippen LogP contribution >= 0.6 is 0 Å². The summed E-state index contributed by atoms with van der Waals surface area (Å²) in [6.45, 7) is 5.54. The third-order valence-corrected chi connectivity index (χ3v) is 4.85. The van der Waals surface area contributed by atoms with E-state index in [9.17, 15) is 13.2 Å². The molecule has 2 aromatic carbocycles. The second-order valence-electron chi connectivity index (χ2n) is 5.34. The summed E-state index contributed by atoms with van der Waals surface area (Å²) < 4.78 is 25.6. The highest BCUT2D eigenvalue weighted by Crippen LogP contribution is 2.17. The van der Waals surface area contributed by atoms with Crippen molar-refractivity contribution in [2.75, 3.05) is 15.8 Å². The van der Waals surface area contributed by atoms with E-state index in [1.165, 1.54) is 6.07 Å². The molecule has 0 saturated heterocycles. The SMILES string of the molecule is CCS(=O)(=O)Nc1cccc(C(=O)Nc2ccc(C)c(C)c2)c1. The average molecular weight is 332 g/mol. The number of carbonyl (C=O) groups is 1. The number of benzene rings is 2. The fourth-order valence-electron chi connectivity index (χ4n) is 2.00. The van der Waals surface area contributed by atoms with E-state index in [0.29, 0.717) is 16.9 Å². The van der Waals surface area contributed by atoms with Gasteiger partial charge in [0.05, 0.1) is 5.75 Å². The van der Waals surface area contributed by atoms with Crippen LogP contribution in [0.2, 0.25) is 0 Å². The average Bonchev–Trinajstić information content (AvgIpc) is 2.51. The molecule has 2 aromatic rings. The van der Waals surface area contributed by atoms with Crippen LogP contribution in [0.1, 0.15) is 28.4 Å². The van der Waals surface area contributed by atoms with Crippen LogP contribution in [0.4, 0.5) is 11.4 Å². The van der Waals surface area contributed by atoms with E-state index >= 15 is 0 Å². The molecule has 0 aliphatic rings. The van der Waals surface area contributed by atoms with Crippen molar-refractivity contribution >= 4 is 27.3 Å². The van der Waals surface area contributed by atoms with Crippen molar-refractivity contribution in [3.63, 3.8) is 0 Å². The number of hydrogen-bond acceptors (Lipinski definition) is 3. The first kappa shape index (κ1) is 17.0. The number of hydrogen-bond donors (Lipinski definition) is 2. The zero-order chi connectivity index (χ0) is 17.0. The maximum atomic E-state index is 12.3. The Balaban J connectivity index is 2.18. The maximum Gasteiger partial charge on any atom is 0.255 e. The maximum absolute atomic E-state index is 12.3. The molecule has 0 aliphatic heterocycles. The highest BCUT2D eigenvalue weighted by atomic mass is 32.2. The molecule has 0 fully saturated rings. The minimum atomic E-state index is -3.37. The van der Waals surface area contributed by atoms with Gasteiger partial charge in [-0.3, -0.25) is 9.52 Å². The van der Waals surface area contributed by atoms with Crippen LogP contribution in [0.25, 0.3) is 0 Å². The Morgan fingerprint density at radius 1 is 1.00 bits per heavy atom. The van der Waals surface area contributed by atoms with Gasteiger partial charge in [0, 0.05) is 16.9 Å². The zero-order valence-electron chi connectivity index (χ0n) is 13.4. The van der Waals surface area contributed by atoms with Crippen LogP contribution in [-0.2, 0) is 10.0 Å². The Bertz CT molecular complexity index is 829. The van der Waals surface area contributed by atoms with Crippen molar-refractivity contribution in [3.05, 3.63) is 59.2 Å². The van der Waals surface area contributed by atoms with E-state index in [1.807, 2.05) is 32.0 Å². The Kier molecular flexibility index (Phi) is 5.05. The third-order valence-electron chi connectivity index (χ3n) is 3.54. The van der Waals surface area contributed by atoms with Crippen LogP contribution in [0.5, 0.6) is 0 Å². The molecule has 0 saturated carbocycles. The van der Waals surface area contributed by atoms with Crippen molar-refractivity contribution < 1.29 is 13.2 Å². The molecule has 0 bridgehead atoms. The predicted molar refractivity (Wildman–Crippen MR) is 93.4 cm³/mol. The fourth-order valence-corrected chi connectivity index (χ4v) is 2.63. The summed E-state index contributed by atoms with van der Waals surface area (Å²) in [6, 6.07) is 12.1. The summed E-state index contributed by atoms with van der Waals surface area (Å²) in [7, 11) is -3.37. The van der Waals surface area contributed by atoms with Gasteiger partial charge >= 0.3 is 0 Å². The van der Waals surface area contributed by atoms with Crippen molar-refractivity contribution in [1.82, 2.24) is 0 Å². The van der Waals surface area contributed by atoms with Gasteiger partial charge in [0.1, 0.15) is 0 Å². The lowest BCUT2D eigenvalue weighted by atomic mass is 10.1. The van der Waals surface area contributed by atoms with Gasteiger partial charge in [0.2, 0.25) is 10.0 Å². The first-order valence-electron chi connectivity index (χ1n) is 7.30. The van der Waals surface area contributed by atoms with Gasteiger partial charge < -0.3 is 5.32 Å². The van der Waals surface area contributed by atoms with Crippen molar-refractivity contribution in [2.24, 2.45) is 0 Å². The van der Waals surface area contributed by atoms with E-state index < -0.39 is 10.0 Å². The standard InChI is InChI=1S/C17H20N2O3S/c1-4-23(21,22)19-16-7-5-6-14(11-16)17(20)18-15-9-8-12(2)13(3)10-15/h5-11,19H,4H2,1-3H3,(H,18,20). The van der Waals surface area contributed by atoms with E-state index in [2.05, 4.69) is 10.0 Å². The summed E-state index contributed by atoms with van der Waals surface area (Å²) in [6.07, 6.45) is 0. The lowest BCUT2D eigenvalue weighted by molar-refractivity contribution is 0.102. The Labute approximate surface area is 136 Å². The van der Waals surface area contributed by atoms with Crippen LogP contribution in [0.15, 0.2) is 42.5 Å². The number of rotatable bonds is 5. The van der Waals surface area contributed by atoms with Crippen LogP contribution in [0, 0.1) is 13.8 Å². The minimum absolute atomic E-state index is 0.0218. The second kappa shape index (κ2) is 6.83. The highest BCUT2D eigenvalue weighted by Gasteiger charge is 2.10. The van der Waals surface area contributed by atoms with E-state index in [4.69, 9.17) is 0 Å². The van der Waals surface area contributed by atoms with Crippen molar-refractivity contribution in [3.8, 4) is 0 Å². The molecule has 0 aliphatic carbocycles. The first-order chi connectivity index (χ1) is 10.8. The topological polar surface area (TPSA) is 75.3 Å². The summed E-state index contributed by atoms with van der Waals surface area (Å²) in [5.74, 6) is -0.308. The third kappa shape index (κ3) is 4.56. The van der Waals surface area contributed by atoms with Gasteiger partial charge in [-0.2, -0.15) is 0 Å². The summed E-state index contributed by atoms with van der Waals surface area (Å²) in [5, 5.41) is 2.81. The molecule has 6 heteroatoms. The molecule has 0 atom stereocenters. The molecule has 0 unspecified atom stereocenters. The van der Waals surface area contributed by atoms with Crippen molar-refractivity contribution in [2.45, 2.75) is 20.8 Å². The monoisotopic (exact) mass is 332 g/mol. The smallest absolute Gasteiger partial charge is 0.255 e. The summed E-state index contributed by atoms with van der Waals surface area (Å²) >= 11 is 0. The minimum Gasteiger partial charge on any atom is -0.322 e. The molecular weight excluding hydrogens is 312 g/mol. The van der Waals surface area contributed by atoms with Gasteiger partial charge in [0.25, 0.3) is 5.91 Å². The first-order valence-corrected chi connectivity index (χ1v) is 8.95. The van der Waals surface area contributed by atoms with E-state index in [-0.39, 0.29) is 11.7 Å². The van der Waals surface area contributed by atoms with Crippen LogP contribution in [-0.4, -0.2) is 20.1 Å². The number of sulfonamides is 1. The number of carbonyl (C=O) groups excluding carboxylic acids is 1. The normalized spacial score (nSPS) is 11.1. The quantitative estimate of drug-likeness (QED) is 0.882. The number of nitrogens with one attached hydrogen (secondary N) is 2. The summed E-state index contributed by atoms with van der Waals surface area (Å²) in [5.41, 5.74) is 3.71. The van der Waals surface area contributed by atoms with E-state index in [1.54, 1.807) is 25.1 Å². The van der Waals surface area contributed by atoms with Gasteiger partial charge in [-0.1, -0.05) is 12.1 Å². The van der Waals surface area contributed by atoms with Gasteiger partial charge in [-0.15, -0.1) is 0 Å². The highest BCUT2D eigenvalue weighted by molar-refractivity contribution is 7.92.